The summed E-state index contributed by atoms with van der Waals surface area (Å²) in [5.41, 5.74) is 3.80. The molecule has 2 saturated heterocycles. The summed E-state index contributed by atoms with van der Waals surface area (Å²) in [6.07, 6.45) is 1.23. The van der Waals surface area contributed by atoms with E-state index in [0.29, 0.717) is 43.6 Å². The van der Waals surface area contributed by atoms with E-state index in [4.69, 9.17) is 0 Å². The number of rotatable bonds is 3. The summed E-state index contributed by atoms with van der Waals surface area (Å²) >= 11 is 0. The van der Waals surface area contributed by atoms with Gasteiger partial charge in [-0.15, -0.1) is 0 Å². The van der Waals surface area contributed by atoms with Crippen molar-refractivity contribution in [3.8, 4) is 0 Å². The summed E-state index contributed by atoms with van der Waals surface area (Å²) in [6.45, 7) is 1.84. The Kier molecular flexibility index (Phi) is 4.66. The Labute approximate surface area is 157 Å². The highest BCUT2D eigenvalue weighted by Gasteiger charge is 2.48. The van der Waals surface area contributed by atoms with Gasteiger partial charge in [0, 0.05) is 30.8 Å². The minimum absolute atomic E-state index is 0.00226. The first-order chi connectivity index (χ1) is 13.1. The number of hydrogen-bond acceptors (Lipinski definition) is 3. The van der Waals surface area contributed by atoms with E-state index in [1.54, 1.807) is 18.2 Å². The second-order valence-corrected chi connectivity index (χ2v) is 7.26. The predicted octanol–water partition coefficient (Wildman–Crippen LogP) is 2.60. The number of nitrogens with zero attached hydrogens (tertiary/aromatic N) is 2. The van der Waals surface area contributed by atoms with Gasteiger partial charge in [-0.2, -0.15) is 0 Å². The minimum Gasteiger partial charge on any atom is -0.339 e. The van der Waals surface area contributed by atoms with Crippen LogP contribution in [0.2, 0.25) is 0 Å². The largest absolute Gasteiger partial charge is 0.339 e. The summed E-state index contributed by atoms with van der Waals surface area (Å²) in [6, 6.07) is 15.7. The van der Waals surface area contributed by atoms with E-state index in [1.807, 2.05) is 35.2 Å². The topological polar surface area (TPSA) is 52.7 Å². The molecule has 0 saturated carbocycles. The van der Waals surface area contributed by atoms with E-state index in [-0.39, 0.29) is 24.2 Å². The molecule has 27 heavy (non-hydrogen) atoms. The third-order valence-electron chi connectivity index (χ3n) is 5.62. The van der Waals surface area contributed by atoms with E-state index < -0.39 is 5.41 Å². The first kappa shape index (κ1) is 17.7. The summed E-state index contributed by atoms with van der Waals surface area (Å²) in [7, 11) is 0. The van der Waals surface area contributed by atoms with Crippen LogP contribution in [-0.2, 0) is 11.3 Å². The Morgan fingerprint density at radius 3 is 2.41 bits per heavy atom. The molecular formula is C21H22FN3O2. The molecule has 0 unspecified atom stereocenters. The maximum absolute atomic E-state index is 13.9. The van der Waals surface area contributed by atoms with Gasteiger partial charge in [0.1, 0.15) is 5.82 Å². The first-order valence-electron chi connectivity index (χ1n) is 9.22. The molecule has 0 atom stereocenters. The van der Waals surface area contributed by atoms with E-state index in [9.17, 15) is 14.0 Å². The Morgan fingerprint density at radius 1 is 1.04 bits per heavy atom. The summed E-state index contributed by atoms with van der Waals surface area (Å²) < 4.78 is 13.9. The molecule has 140 valence electrons. The number of nitrogens with one attached hydrogen (secondary N) is 1. The number of amides is 2. The third kappa shape index (κ3) is 3.32. The number of benzene rings is 2. The van der Waals surface area contributed by atoms with Crippen molar-refractivity contribution >= 4 is 11.8 Å². The number of carbonyl (C=O) groups excluding carboxylic acids is 2. The molecule has 2 aromatic carbocycles. The molecule has 1 spiro atoms. The minimum atomic E-state index is -0.501. The number of halogens is 1. The van der Waals surface area contributed by atoms with Crippen molar-refractivity contribution in [2.45, 2.75) is 19.4 Å². The lowest BCUT2D eigenvalue weighted by molar-refractivity contribution is -0.139. The van der Waals surface area contributed by atoms with Gasteiger partial charge in [0.2, 0.25) is 5.91 Å². The standard InChI is InChI=1S/C21H22FN3O2/c22-18-9-5-4-8-17(18)14-25-20(27)21(15-23-25)10-12-24(13-11-21)19(26)16-6-2-1-3-7-16/h1-9,23H,10-15H2. The monoisotopic (exact) mass is 367 g/mol. The average molecular weight is 367 g/mol. The van der Waals surface area contributed by atoms with Crippen LogP contribution < -0.4 is 5.43 Å². The quantitative estimate of drug-likeness (QED) is 0.907. The van der Waals surface area contributed by atoms with E-state index >= 15 is 0 Å². The van der Waals surface area contributed by atoms with Crippen molar-refractivity contribution in [2.24, 2.45) is 5.41 Å². The molecule has 1 N–H and O–H groups in total. The van der Waals surface area contributed by atoms with Crippen molar-refractivity contribution in [3.05, 3.63) is 71.5 Å². The summed E-state index contributed by atoms with van der Waals surface area (Å²) in [5.74, 6) is -0.305. The van der Waals surface area contributed by atoms with Crippen molar-refractivity contribution in [3.63, 3.8) is 0 Å². The Balaban J connectivity index is 1.40. The van der Waals surface area contributed by atoms with Gasteiger partial charge in [-0.1, -0.05) is 36.4 Å². The second-order valence-electron chi connectivity index (χ2n) is 7.26. The third-order valence-corrected chi connectivity index (χ3v) is 5.62. The van der Waals surface area contributed by atoms with E-state index in [1.165, 1.54) is 11.1 Å². The Bertz CT molecular complexity index is 848. The van der Waals surface area contributed by atoms with E-state index in [0.717, 1.165) is 0 Å². The van der Waals surface area contributed by atoms with Crippen LogP contribution in [0, 0.1) is 11.2 Å². The molecular weight excluding hydrogens is 345 g/mol. The highest BCUT2D eigenvalue weighted by Crippen LogP contribution is 2.37. The van der Waals surface area contributed by atoms with Crippen LogP contribution in [0.4, 0.5) is 4.39 Å². The highest BCUT2D eigenvalue weighted by molar-refractivity contribution is 5.94. The van der Waals surface area contributed by atoms with E-state index in [2.05, 4.69) is 5.43 Å². The lowest BCUT2D eigenvalue weighted by Gasteiger charge is -2.37. The van der Waals surface area contributed by atoms with Crippen LogP contribution in [0.1, 0.15) is 28.8 Å². The fourth-order valence-corrected chi connectivity index (χ4v) is 3.90. The molecule has 0 aromatic heterocycles. The van der Waals surface area contributed by atoms with Gasteiger partial charge in [-0.3, -0.25) is 14.6 Å². The number of hydrogen-bond donors (Lipinski definition) is 1. The molecule has 2 amide bonds. The van der Waals surface area contributed by atoms with Gasteiger partial charge in [0.15, 0.2) is 0 Å². The van der Waals surface area contributed by atoms with Crippen LogP contribution in [-0.4, -0.2) is 41.4 Å². The van der Waals surface area contributed by atoms with Crippen molar-refractivity contribution in [1.29, 1.82) is 0 Å². The normalized spacial score (nSPS) is 18.9. The van der Waals surface area contributed by atoms with Gasteiger partial charge >= 0.3 is 0 Å². The second kappa shape index (κ2) is 7.12. The van der Waals surface area contributed by atoms with Crippen LogP contribution in [0.15, 0.2) is 54.6 Å². The fourth-order valence-electron chi connectivity index (χ4n) is 3.90. The van der Waals surface area contributed by atoms with Gasteiger partial charge < -0.3 is 4.90 Å². The molecule has 2 fully saturated rings. The van der Waals surface area contributed by atoms with Gasteiger partial charge in [0.25, 0.3) is 5.91 Å². The van der Waals surface area contributed by atoms with Gasteiger partial charge in [0.05, 0.1) is 12.0 Å². The Hall–Kier alpha value is -2.73. The molecule has 4 rings (SSSR count). The molecule has 2 heterocycles. The summed E-state index contributed by atoms with van der Waals surface area (Å²) in [4.78, 5) is 27.4. The van der Waals surface area contributed by atoms with Crippen molar-refractivity contribution < 1.29 is 14.0 Å². The maximum atomic E-state index is 13.9. The molecule has 0 bridgehead atoms. The molecule has 0 aliphatic carbocycles. The number of piperidine rings is 1. The van der Waals surface area contributed by atoms with Crippen LogP contribution in [0.25, 0.3) is 0 Å². The first-order valence-corrected chi connectivity index (χ1v) is 9.22. The molecule has 6 heteroatoms. The maximum Gasteiger partial charge on any atom is 0.253 e. The highest BCUT2D eigenvalue weighted by atomic mass is 19.1. The number of carbonyl (C=O) groups is 2. The van der Waals surface area contributed by atoms with Crippen LogP contribution in [0.5, 0.6) is 0 Å². The van der Waals surface area contributed by atoms with Crippen LogP contribution >= 0.6 is 0 Å². The summed E-state index contributed by atoms with van der Waals surface area (Å²) in [5, 5.41) is 1.52. The zero-order chi connectivity index (χ0) is 18.9. The van der Waals surface area contributed by atoms with Crippen LogP contribution in [0.3, 0.4) is 0 Å². The zero-order valence-electron chi connectivity index (χ0n) is 15.0. The van der Waals surface area contributed by atoms with Crippen molar-refractivity contribution in [1.82, 2.24) is 15.3 Å². The average Bonchev–Trinajstić information content (AvgIpc) is 3.00. The van der Waals surface area contributed by atoms with Gasteiger partial charge in [-0.05, 0) is 31.0 Å². The SMILES string of the molecule is O=C(c1ccccc1)N1CCC2(CC1)CNN(Cc1ccccc1F)C2=O. The predicted molar refractivity (Wildman–Crippen MR) is 99.0 cm³/mol. The lowest BCUT2D eigenvalue weighted by atomic mass is 9.78. The molecule has 0 radical (unpaired) electrons. The molecule has 2 aromatic rings. The van der Waals surface area contributed by atoms with Crippen molar-refractivity contribution in [2.75, 3.05) is 19.6 Å². The number of hydrazine groups is 1. The molecule has 5 nitrogen and oxygen atoms in total. The lowest BCUT2D eigenvalue weighted by Crippen LogP contribution is -2.47. The number of likely N-dealkylation sites (tertiary alicyclic amines) is 1. The van der Waals surface area contributed by atoms with Gasteiger partial charge in [-0.25, -0.2) is 9.82 Å². The fraction of sp³-hybridized carbons (Fsp3) is 0.333. The molecule has 2 aliphatic heterocycles. The zero-order valence-corrected chi connectivity index (χ0v) is 15.0. The smallest absolute Gasteiger partial charge is 0.253 e. The molecule has 2 aliphatic rings. The Morgan fingerprint density at radius 2 is 1.70 bits per heavy atom.